The number of carbonyl (C=O) groups is 2. The number of ether oxygens (including phenoxy) is 2. The molecule has 0 saturated carbocycles. The molecule has 0 bridgehead atoms. The molecule has 0 heterocycles. The van der Waals surface area contributed by atoms with Crippen molar-refractivity contribution in [2.24, 2.45) is 0 Å². The molecule has 2 atom stereocenters. The highest BCUT2D eigenvalue weighted by molar-refractivity contribution is 7.47. The molecule has 0 spiro atoms. The predicted octanol–water partition coefficient (Wildman–Crippen LogP) is 23.3. The summed E-state index contributed by atoms with van der Waals surface area (Å²) in [7, 11) is 1.47. The van der Waals surface area contributed by atoms with E-state index in [2.05, 4.69) is 123 Å². The van der Waals surface area contributed by atoms with Crippen molar-refractivity contribution in [1.82, 2.24) is 0 Å². The summed E-state index contributed by atoms with van der Waals surface area (Å²) in [5.74, 6) is -0.804. The van der Waals surface area contributed by atoms with E-state index in [0.29, 0.717) is 17.4 Å². The number of hydrogen-bond acceptors (Lipinski definition) is 7. The summed E-state index contributed by atoms with van der Waals surface area (Å²) in [4.78, 5) is 35.8. The SMILES string of the molecule is CC/C=C\C/C=C\C/C=C\C/C=C\C/C=C\C/C=C\CCCCCCCCCCCCCCCCCCCCCCCCC(=O)OC(COC(=O)CCCCCCCC/C=C\C/C=C\C/C=C\CCCCCCC)COP(=O)(O)OCC[N+](C)(C)C. The lowest BCUT2D eigenvalue weighted by molar-refractivity contribution is -0.870. The molecule has 0 amide bonds. The number of nitrogens with zero attached hydrogens (tertiary/aromatic N) is 1. The van der Waals surface area contributed by atoms with E-state index in [-0.39, 0.29) is 32.0 Å². The molecular weight excluding hydrogens is 1090 g/mol. The molecule has 0 aliphatic heterocycles. The van der Waals surface area contributed by atoms with Gasteiger partial charge in [0.05, 0.1) is 27.7 Å². The average Bonchev–Trinajstić information content (AvgIpc) is 3.70. The number of hydrogen-bond donors (Lipinski definition) is 1. The first-order valence-corrected chi connectivity index (χ1v) is 37.1. The summed E-state index contributed by atoms with van der Waals surface area (Å²) in [6, 6.07) is 0. The Morgan fingerprint density at radius 3 is 0.988 bits per heavy atom. The van der Waals surface area contributed by atoms with E-state index in [1.54, 1.807) is 0 Å². The minimum absolute atomic E-state index is 0.0272. The van der Waals surface area contributed by atoms with E-state index < -0.39 is 26.5 Å². The third-order valence-corrected chi connectivity index (χ3v) is 16.3. The molecule has 0 aromatic heterocycles. The number of quaternary nitrogens is 1. The molecule has 10 heteroatoms. The molecule has 0 fully saturated rings. The van der Waals surface area contributed by atoms with Gasteiger partial charge in [-0.25, -0.2) is 4.57 Å². The van der Waals surface area contributed by atoms with Crippen molar-refractivity contribution in [1.29, 1.82) is 0 Å². The molecule has 0 aromatic carbocycles. The standard InChI is InChI=1S/C76H134NO8P/c1-6-8-10-12-14-16-18-20-22-24-26-28-29-30-31-32-33-34-35-36-37-38-39-40-41-42-43-44-45-46-47-49-51-53-55-57-59-61-63-65-67-69-76(79)85-74(73-84-86(80,81)83-71-70-77(3,4)5)72-82-75(78)68-66-64-62-60-58-56-54-52-50-48-27-25-23-21-19-17-15-13-11-9-7-2/h8,10,14,16,19-22,25-28,30-31,33-34,50,52,74H,6-7,9,11-13,15,17-18,23-24,29,32,35-49,51,53-73H2,1-5H3/p+1/b10-8-,16-14-,21-19-,22-20-,27-25-,28-26-,31-30-,34-33-,52-50-. The van der Waals surface area contributed by atoms with E-state index in [9.17, 15) is 19.0 Å². The van der Waals surface area contributed by atoms with Gasteiger partial charge >= 0.3 is 19.8 Å². The van der Waals surface area contributed by atoms with Crippen molar-refractivity contribution >= 4 is 19.8 Å². The summed E-state index contributed by atoms with van der Waals surface area (Å²) < 4.78 is 34.7. The lowest BCUT2D eigenvalue weighted by Gasteiger charge is -2.24. The van der Waals surface area contributed by atoms with Crippen LogP contribution >= 0.6 is 7.82 Å². The van der Waals surface area contributed by atoms with Crippen LogP contribution in [0.5, 0.6) is 0 Å². The maximum Gasteiger partial charge on any atom is 0.472 e. The molecule has 2 unspecified atom stereocenters. The molecule has 9 nitrogen and oxygen atoms in total. The summed E-state index contributed by atoms with van der Waals surface area (Å²) in [6.45, 7) is 4.32. The summed E-state index contributed by atoms with van der Waals surface area (Å²) in [5.41, 5.74) is 0. The number of rotatable bonds is 65. The number of phosphoric acid groups is 1. The zero-order valence-electron chi connectivity index (χ0n) is 56.5. The van der Waals surface area contributed by atoms with Crippen molar-refractivity contribution in [2.75, 3.05) is 47.5 Å². The highest BCUT2D eigenvalue weighted by Gasteiger charge is 2.27. The Bertz CT molecular complexity index is 1820. The molecule has 0 aromatic rings. The molecule has 0 radical (unpaired) electrons. The van der Waals surface area contributed by atoms with Crippen molar-refractivity contribution in [2.45, 2.75) is 315 Å². The lowest BCUT2D eigenvalue weighted by Crippen LogP contribution is -2.37. The fourth-order valence-electron chi connectivity index (χ4n) is 9.85. The van der Waals surface area contributed by atoms with Gasteiger partial charge in [0, 0.05) is 12.8 Å². The van der Waals surface area contributed by atoms with Crippen molar-refractivity contribution in [3.8, 4) is 0 Å². The minimum Gasteiger partial charge on any atom is -0.462 e. The predicted molar refractivity (Wildman–Crippen MR) is 371 cm³/mol. The second-order valence-corrected chi connectivity index (χ2v) is 26.3. The molecule has 0 aliphatic carbocycles. The van der Waals surface area contributed by atoms with E-state index in [1.807, 2.05) is 21.1 Å². The van der Waals surface area contributed by atoms with E-state index in [4.69, 9.17) is 18.5 Å². The lowest BCUT2D eigenvalue weighted by atomic mass is 10.0. The van der Waals surface area contributed by atoms with Gasteiger partial charge in [-0.1, -0.05) is 303 Å². The maximum absolute atomic E-state index is 12.9. The Balaban J connectivity index is 3.97. The second-order valence-electron chi connectivity index (χ2n) is 24.9. The first kappa shape index (κ1) is 82.7. The van der Waals surface area contributed by atoms with Gasteiger partial charge in [0.2, 0.25) is 0 Å². The van der Waals surface area contributed by atoms with Gasteiger partial charge in [0.1, 0.15) is 19.8 Å². The minimum atomic E-state index is -4.40. The largest absolute Gasteiger partial charge is 0.472 e. The van der Waals surface area contributed by atoms with Crippen LogP contribution in [0.4, 0.5) is 0 Å². The number of allylic oxidation sites excluding steroid dienone is 18. The Labute approximate surface area is 531 Å². The van der Waals surface area contributed by atoms with E-state index in [1.165, 1.54) is 180 Å². The molecule has 86 heavy (non-hydrogen) atoms. The molecular formula is C76H135NO8P+. The van der Waals surface area contributed by atoms with Gasteiger partial charge < -0.3 is 18.9 Å². The number of carbonyl (C=O) groups excluding carboxylic acids is 2. The van der Waals surface area contributed by atoms with Crippen molar-refractivity contribution in [3.05, 3.63) is 109 Å². The number of phosphoric ester groups is 1. The zero-order valence-corrected chi connectivity index (χ0v) is 57.4. The van der Waals surface area contributed by atoms with Crippen LogP contribution in [0.2, 0.25) is 0 Å². The highest BCUT2D eigenvalue weighted by atomic mass is 31.2. The first-order chi connectivity index (χ1) is 42.0. The van der Waals surface area contributed by atoms with Crippen LogP contribution < -0.4 is 0 Å². The van der Waals surface area contributed by atoms with E-state index >= 15 is 0 Å². The quantitative estimate of drug-likeness (QED) is 0.0211. The third kappa shape index (κ3) is 69.8. The molecule has 496 valence electrons. The fraction of sp³-hybridized carbons (Fsp3) is 0.737. The molecule has 0 saturated heterocycles. The maximum atomic E-state index is 12.9. The van der Waals surface area contributed by atoms with E-state index in [0.717, 1.165) is 96.3 Å². The Hall–Kier alpha value is -3.33. The average molecular weight is 1220 g/mol. The number of unbranched alkanes of at least 4 members (excludes halogenated alkanes) is 33. The van der Waals surface area contributed by atoms with Gasteiger partial charge in [-0.3, -0.25) is 18.6 Å². The monoisotopic (exact) mass is 1220 g/mol. The fourth-order valence-corrected chi connectivity index (χ4v) is 10.6. The van der Waals surface area contributed by atoms with Crippen LogP contribution in [0.1, 0.15) is 309 Å². The van der Waals surface area contributed by atoms with Gasteiger partial charge in [-0.05, 0) is 103 Å². The van der Waals surface area contributed by atoms with Crippen LogP contribution in [0.3, 0.4) is 0 Å². The van der Waals surface area contributed by atoms with Crippen molar-refractivity contribution < 1.29 is 42.1 Å². The van der Waals surface area contributed by atoms with Crippen molar-refractivity contribution in [3.63, 3.8) is 0 Å². The smallest absolute Gasteiger partial charge is 0.462 e. The molecule has 0 rings (SSSR count). The highest BCUT2D eigenvalue weighted by Crippen LogP contribution is 2.43. The summed E-state index contributed by atoms with van der Waals surface area (Å²) in [5, 5.41) is 0. The topological polar surface area (TPSA) is 108 Å². The molecule has 1 N–H and O–H groups in total. The van der Waals surface area contributed by atoms with Gasteiger partial charge in [-0.15, -0.1) is 0 Å². The zero-order chi connectivity index (χ0) is 62.6. The van der Waals surface area contributed by atoms with Gasteiger partial charge in [0.25, 0.3) is 0 Å². The Morgan fingerprint density at radius 2 is 0.663 bits per heavy atom. The third-order valence-electron chi connectivity index (χ3n) is 15.3. The van der Waals surface area contributed by atoms with Crippen LogP contribution in [0.25, 0.3) is 0 Å². The second kappa shape index (κ2) is 66.1. The number of likely N-dealkylation sites (N-methyl/N-ethyl adjacent to an activating group) is 1. The summed E-state index contributed by atoms with van der Waals surface area (Å²) in [6.07, 6.45) is 93.5. The van der Waals surface area contributed by atoms with Crippen LogP contribution in [-0.2, 0) is 32.7 Å². The van der Waals surface area contributed by atoms with Crippen LogP contribution in [0.15, 0.2) is 109 Å². The molecule has 0 aliphatic rings. The normalized spacial score (nSPS) is 13.8. The number of esters is 2. The van der Waals surface area contributed by atoms with Gasteiger partial charge in [0.15, 0.2) is 6.10 Å². The van der Waals surface area contributed by atoms with Crippen LogP contribution in [0, 0.1) is 0 Å². The summed E-state index contributed by atoms with van der Waals surface area (Å²) >= 11 is 0. The van der Waals surface area contributed by atoms with Gasteiger partial charge in [-0.2, -0.15) is 0 Å². The Kier molecular flexibility index (Phi) is 63.5. The first-order valence-electron chi connectivity index (χ1n) is 35.6. The van der Waals surface area contributed by atoms with Crippen LogP contribution in [-0.4, -0.2) is 74.9 Å². The Morgan fingerprint density at radius 1 is 0.372 bits per heavy atom.